The minimum atomic E-state index is -0.336. The summed E-state index contributed by atoms with van der Waals surface area (Å²) in [6.07, 6.45) is 7.50. The van der Waals surface area contributed by atoms with E-state index < -0.39 is 0 Å². The van der Waals surface area contributed by atoms with E-state index in [1.165, 1.54) is 12.1 Å². The second-order valence-electron chi connectivity index (χ2n) is 12.7. The van der Waals surface area contributed by atoms with Gasteiger partial charge in [0.05, 0.1) is 12.2 Å². The molecule has 2 N–H and O–H groups in total. The van der Waals surface area contributed by atoms with Crippen LogP contribution in [0.4, 0.5) is 4.39 Å². The summed E-state index contributed by atoms with van der Waals surface area (Å²) in [6, 6.07) is 18.2. The fourth-order valence-electron chi connectivity index (χ4n) is 7.82. The van der Waals surface area contributed by atoms with Crippen molar-refractivity contribution in [3.63, 3.8) is 0 Å². The molecule has 2 aliphatic carbocycles. The van der Waals surface area contributed by atoms with Gasteiger partial charge in [-0.15, -0.1) is 0 Å². The molecule has 6 nitrogen and oxygen atoms in total. The SMILES string of the molecule is CCC1(NC(=O)c2ccc(-c3ccccn3)cc2)CC2CC(C)CC(NCC(=O)N3Cc4ccc(F)cc4C3)(C2)C1. The number of nitrogens with one attached hydrogen (secondary N) is 2. The third kappa shape index (κ3) is 5.78. The van der Waals surface area contributed by atoms with Crippen molar-refractivity contribution in [2.75, 3.05) is 6.54 Å². The van der Waals surface area contributed by atoms with Crippen LogP contribution in [0.5, 0.6) is 0 Å². The van der Waals surface area contributed by atoms with Crippen LogP contribution in [-0.2, 0) is 17.9 Å². The quantitative estimate of drug-likeness (QED) is 0.383. The number of nitrogens with zero attached hydrogens (tertiary/aromatic N) is 2. The van der Waals surface area contributed by atoms with E-state index in [1.54, 1.807) is 12.3 Å². The highest BCUT2D eigenvalue weighted by atomic mass is 19.1. The first-order chi connectivity index (χ1) is 19.8. The van der Waals surface area contributed by atoms with E-state index in [0.29, 0.717) is 30.5 Å². The Morgan fingerprint density at radius 1 is 1.02 bits per heavy atom. The molecule has 41 heavy (non-hydrogen) atoms. The first-order valence-electron chi connectivity index (χ1n) is 14.9. The van der Waals surface area contributed by atoms with E-state index in [-0.39, 0.29) is 35.3 Å². The Hall–Kier alpha value is -3.58. The van der Waals surface area contributed by atoms with E-state index in [4.69, 9.17) is 0 Å². The van der Waals surface area contributed by atoms with Crippen LogP contribution < -0.4 is 10.6 Å². The second kappa shape index (κ2) is 11.0. The van der Waals surface area contributed by atoms with Crippen LogP contribution in [0.1, 0.15) is 73.9 Å². The van der Waals surface area contributed by atoms with E-state index in [1.807, 2.05) is 47.4 Å². The van der Waals surface area contributed by atoms with Crippen molar-refractivity contribution in [2.45, 2.75) is 76.5 Å². The summed E-state index contributed by atoms with van der Waals surface area (Å²) in [4.78, 5) is 33.1. The molecular weight excluding hydrogens is 515 g/mol. The molecule has 2 saturated carbocycles. The van der Waals surface area contributed by atoms with Gasteiger partial charge in [0.25, 0.3) is 5.91 Å². The minimum Gasteiger partial charge on any atom is -0.347 e. The molecule has 6 rings (SSSR count). The number of aromatic nitrogens is 1. The van der Waals surface area contributed by atoms with Gasteiger partial charge in [-0.3, -0.25) is 14.6 Å². The van der Waals surface area contributed by atoms with Gasteiger partial charge in [-0.1, -0.05) is 38.1 Å². The fraction of sp³-hybridized carbons (Fsp3) is 0.441. The molecule has 2 amide bonds. The molecule has 2 fully saturated rings. The third-order valence-electron chi connectivity index (χ3n) is 9.53. The largest absolute Gasteiger partial charge is 0.347 e. The van der Waals surface area contributed by atoms with Gasteiger partial charge >= 0.3 is 0 Å². The monoisotopic (exact) mass is 554 g/mol. The summed E-state index contributed by atoms with van der Waals surface area (Å²) in [5.74, 6) is 0.763. The number of pyridine rings is 1. The number of halogens is 1. The van der Waals surface area contributed by atoms with E-state index in [9.17, 15) is 14.0 Å². The molecule has 4 atom stereocenters. The lowest BCUT2D eigenvalue weighted by Gasteiger charge is -2.56. The van der Waals surface area contributed by atoms with Gasteiger partial charge in [-0.2, -0.15) is 0 Å². The molecule has 2 heterocycles. The Labute approximate surface area is 241 Å². The van der Waals surface area contributed by atoms with Gasteiger partial charge in [0.15, 0.2) is 0 Å². The first-order valence-corrected chi connectivity index (χ1v) is 14.9. The molecule has 4 unspecified atom stereocenters. The lowest BCUT2D eigenvalue weighted by Crippen LogP contribution is -2.65. The van der Waals surface area contributed by atoms with Crippen molar-refractivity contribution in [1.29, 1.82) is 0 Å². The molecule has 3 aliphatic rings. The third-order valence-corrected chi connectivity index (χ3v) is 9.53. The van der Waals surface area contributed by atoms with Crippen molar-refractivity contribution in [1.82, 2.24) is 20.5 Å². The molecule has 0 saturated heterocycles. The Balaban J connectivity index is 1.15. The molecular formula is C34H39FN4O2. The average molecular weight is 555 g/mol. The fourth-order valence-corrected chi connectivity index (χ4v) is 7.82. The lowest BCUT2D eigenvalue weighted by molar-refractivity contribution is -0.131. The number of hydrogen-bond acceptors (Lipinski definition) is 4. The average Bonchev–Trinajstić information content (AvgIpc) is 3.39. The molecule has 2 aromatic carbocycles. The zero-order chi connectivity index (χ0) is 28.6. The number of carbonyl (C=O) groups is 2. The van der Waals surface area contributed by atoms with Gasteiger partial charge in [-0.05, 0) is 97.9 Å². The predicted molar refractivity (Wildman–Crippen MR) is 157 cm³/mol. The smallest absolute Gasteiger partial charge is 0.251 e. The molecule has 1 aliphatic heterocycles. The number of benzene rings is 2. The van der Waals surface area contributed by atoms with Crippen LogP contribution in [0.15, 0.2) is 66.9 Å². The minimum absolute atomic E-state index is 0.0375. The summed E-state index contributed by atoms with van der Waals surface area (Å²) in [5, 5.41) is 7.18. The van der Waals surface area contributed by atoms with E-state index in [2.05, 4.69) is 29.5 Å². The Bertz CT molecular complexity index is 1420. The lowest BCUT2D eigenvalue weighted by atomic mass is 9.57. The van der Waals surface area contributed by atoms with Gasteiger partial charge in [-0.25, -0.2) is 4.39 Å². The van der Waals surface area contributed by atoms with E-state index in [0.717, 1.165) is 60.9 Å². The summed E-state index contributed by atoms with van der Waals surface area (Å²) in [5.41, 5.74) is 3.87. The number of rotatable bonds is 7. The topological polar surface area (TPSA) is 74.3 Å². The molecule has 214 valence electrons. The molecule has 0 spiro atoms. The van der Waals surface area contributed by atoms with Gasteiger partial charge in [0.2, 0.25) is 5.91 Å². The Morgan fingerprint density at radius 2 is 1.83 bits per heavy atom. The second-order valence-corrected chi connectivity index (χ2v) is 12.7. The van der Waals surface area contributed by atoms with Crippen molar-refractivity contribution in [3.8, 4) is 11.3 Å². The highest BCUT2D eigenvalue weighted by molar-refractivity contribution is 5.95. The van der Waals surface area contributed by atoms with Crippen LogP contribution in [0.25, 0.3) is 11.3 Å². The molecule has 2 bridgehead atoms. The highest BCUT2D eigenvalue weighted by Crippen LogP contribution is 2.50. The van der Waals surface area contributed by atoms with Gasteiger partial charge in [0.1, 0.15) is 5.82 Å². The zero-order valence-corrected chi connectivity index (χ0v) is 24.0. The molecule has 7 heteroatoms. The van der Waals surface area contributed by atoms with Crippen LogP contribution in [-0.4, -0.2) is 39.3 Å². The molecule has 3 aromatic rings. The van der Waals surface area contributed by atoms with Crippen LogP contribution >= 0.6 is 0 Å². The first kappa shape index (κ1) is 27.6. The van der Waals surface area contributed by atoms with Crippen LogP contribution in [0.2, 0.25) is 0 Å². The molecule has 1 aromatic heterocycles. The maximum Gasteiger partial charge on any atom is 0.251 e. The number of carbonyl (C=O) groups excluding carboxylic acids is 2. The van der Waals surface area contributed by atoms with Gasteiger partial charge in [0, 0.05) is 41.5 Å². The summed E-state index contributed by atoms with van der Waals surface area (Å²) in [7, 11) is 0. The maximum atomic E-state index is 13.7. The normalized spacial score (nSPS) is 26.9. The predicted octanol–water partition coefficient (Wildman–Crippen LogP) is 5.87. The summed E-state index contributed by atoms with van der Waals surface area (Å²) >= 11 is 0. The van der Waals surface area contributed by atoms with Crippen molar-refractivity contribution in [3.05, 3.63) is 89.4 Å². The zero-order valence-electron chi connectivity index (χ0n) is 24.0. The van der Waals surface area contributed by atoms with Crippen molar-refractivity contribution in [2.24, 2.45) is 11.8 Å². The van der Waals surface area contributed by atoms with Gasteiger partial charge < -0.3 is 15.5 Å². The number of amides is 2. The maximum absolute atomic E-state index is 13.7. The summed E-state index contributed by atoms with van der Waals surface area (Å²) in [6.45, 7) is 5.69. The van der Waals surface area contributed by atoms with Crippen molar-refractivity contribution >= 4 is 11.8 Å². The number of hydrogen-bond donors (Lipinski definition) is 2. The number of fused-ring (bicyclic) bond motifs is 3. The van der Waals surface area contributed by atoms with Crippen molar-refractivity contribution < 1.29 is 14.0 Å². The van der Waals surface area contributed by atoms with Crippen LogP contribution in [0, 0.1) is 17.7 Å². The highest BCUT2D eigenvalue weighted by Gasteiger charge is 2.51. The Morgan fingerprint density at radius 3 is 2.59 bits per heavy atom. The van der Waals surface area contributed by atoms with Crippen LogP contribution in [0.3, 0.4) is 0 Å². The van der Waals surface area contributed by atoms with E-state index >= 15 is 0 Å². The standard InChI is InChI=1S/C34H39FN4O2/c1-3-33(38-32(41)26-9-7-25(8-10-26)30-6-4-5-13-36-30)17-24-14-23(2)16-34(18-24,22-33)37-19-31(40)39-20-27-11-12-29(35)15-28(27)21-39/h4-13,15,23-24,37H,3,14,16-22H2,1-2H3,(H,38,41). The summed E-state index contributed by atoms with van der Waals surface area (Å²) < 4.78 is 13.7. The Kier molecular flexibility index (Phi) is 7.41. The molecule has 0 radical (unpaired) electrons.